The Balaban J connectivity index is 3.06. The first kappa shape index (κ1) is 20.4. The summed E-state index contributed by atoms with van der Waals surface area (Å²) in [6.45, 7) is 7.98. The normalized spacial score (nSPS) is 11.1. The molecule has 0 aromatic heterocycles. The number of nitriles is 1. The summed E-state index contributed by atoms with van der Waals surface area (Å²) in [7, 11) is -3.48. The highest BCUT2D eigenvalue weighted by atomic mass is 31.2. The lowest BCUT2D eigenvalue weighted by molar-refractivity contribution is -0.116. The number of anilines is 1. The molecule has 0 saturated heterocycles. The molecule has 7 heteroatoms. The summed E-state index contributed by atoms with van der Waals surface area (Å²) in [6, 6.07) is 7.66. The van der Waals surface area contributed by atoms with Crippen molar-refractivity contribution in [2.45, 2.75) is 34.1 Å². The van der Waals surface area contributed by atoms with Crippen LogP contribution in [0.5, 0.6) is 0 Å². The molecule has 0 aliphatic heterocycles. The van der Waals surface area contributed by atoms with Gasteiger partial charge in [-0.2, -0.15) is 5.26 Å². The predicted octanol–water partition coefficient (Wildman–Crippen LogP) is 3.82. The van der Waals surface area contributed by atoms with E-state index in [2.05, 4.69) is 0 Å². The lowest BCUT2D eigenvalue weighted by atomic mass is 10.1. The molecule has 0 unspecified atom stereocenters. The number of hydrogen-bond donors (Lipinski definition) is 0. The quantitative estimate of drug-likeness (QED) is 0.631. The lowest BCUT2D eigenvalue weighted by Crippen LogP contribution is -2.34. The van der Waals surface area contributed by atoms with Crippen molar-refractivity contribution in [1.29, 1.82) is 5.26 Å². The molecule has 0 heterocycles. The van der Waals surface area contributed by atoms with E-state index in [9.17, 15) is 9.36 Å². The van der Waals surface area contributed by atoms with E-state index in [1.807, 2.05) is 38.1 Å². The van der Waals surface area contributed by atoms with E-state index in [-0.39, 0.29) is 38.2 Å². The molecule has 0 saturated carbocycles. The highest BCUT2D eigenvalue weighted by Gasteiger charge is 2.30. The van der Waals surface area contributed by atoms with Crippen molar-refractivity contribution in [2.75, 3.05) is 30.8 Å². The first-order chi connectivity index (χ1) is 11.4. The highest BCUT2D eigenvalue weighted by molar-refractivity contribution is 7.54. The zero-order valence-electron chi connectivity index (χ0n) is 14.7. The molecule has 0 aliphatic rings. The summed E-state index contributed by atoms with van der Waals surface area (Å²) in [5, 5.41) is 8.85. The molecule has 0 bridgehead atoms. The fourth-order valence-electron chi connectivity index (χ4n) is 2.23. The van der Waals surface area contributed by atoms with Gasteiger partial charge < -0.3 is 13.9 Å². The van der Waals surface area contributed by atoms with Gasteiger partial charge in [0, 0.05) is 12.2 Å². The van der Waals surface area contributed by atoms with Crippen LogP contribution >= 0.6 is 7.60 Å². The number of nitrogens with zero attached hydrogens (tertiary/aromatic N) is 2. The van der Waals surface area contributed by atoms with E-state index in [0.29, 0.717) is 5.69 Å². The Morgan fingerprint density at radius 3 is 2.33 bits per heavy atom. The van der Waals surface area contributed by atoms with Crippen molar-refractivity contribution >= 4 is 19.2 Å². The number of aryl methyl sites for hydroxylation is 2. The fourth-order valence-corrected chi connectivity index (χ4v) is 3.77. The lowest BCUT2D eigenvalue weighted by Gasteiger charge is -2.25. The average molecular weight is 352 g/mol. The fraction of sp³-hybridized carbons (Fsp3) is 0.529. The van der Waals surface area contributed by atoms with Crippen molar-refractivity contribution in [3.63, 3.8) is 0 Å². The molecule has 0 radical (unpaired) electrons. The van der Waals surface area contributed by atoms with Crippen LogP contribution in [-0.2, 0) is 18.4 Å². The van der Waals surface area contributed by atoms with E-state index in [1.54, 1.807) is 13.8 Å². The molecule has 6 nitrogen and oxygen atoms in total. The Morgan fingerprint density at radius 2 is 1.83 bits per heavy atom. The van der Waals surface area contributed by atoms with Gasteiger partial charge in [-0.3, -0.25) is 9.36 Å². The third-order valence-electron chi connectivity index (χ3n) is 3.53. The Hall–Kier alpha value is -1.67. The van der Waals surface area contributed by atoms with Gasteiger partial charge in [0.1, 0.15) is 6.16 Å². The standard InChI is InChI=1S/C17H25N2O4P/c1-5-22-24(21,23-6-2)13-17(20)19(11-7-10-18)16-9-8-14(3)15(4)12-16/h8-9,12H,5-7,11,13H2,1-4H3. The molecule has 1 aromatic carbocycles. The van der Waals surface area contributed by atoms with Gasteiger partial charge in [-0.25, -0.2) is 0 Å². The summed E-state index contributed by atoms with van der Waals surface area (Å²) in [4.78, 5) is 14.2. The van der Waals surface area contributed by atoms with Crippen LogP contribution in [0.15, 0.2) is 18.2 Å². The topological polar surface area (TPSA) is 79.6 Å². The first-order valence-corrected chi connectivity index (χ1v) is 9.72. The van der Waals surface area contributed by atoms with E-state index in [4.69, 9.17) is 14.3 Å². The van der Waals surface area contributed by atoms with Crippen LogP contribution in [0.4, 0.5) is 5.69 Å². The smallest absolute Gasteiger partial charge is 0.311 e. The second-order valence-electron chi connectivity index (χ2n) is 5.33. The predicted molar refractivity (Wildman–Crippen MR) is 94.2 cm³/mol. The van der Waals surface area contributed by atoms with E-state index in [0.717, 1.165) is 11.1 Å². The van der Waals surface area contributed by atoms with Crippen LogP contribution in [-0.4, -0.2) is 31.8 Å². The molecule has 0 N–H and O–H groups in total. The minimum Gasteiger partial charge on any atom is -0.311 e. The van der Waals surface area contributed by atoms with Gasteiger partial charge in [0.25, 0.3) is 0 Å². The Morgan fingerprint density at radius 1 is 1.21 bits per heavy atom. The molecular weight excluding hydrogens is 327 g/mol. The molecule has 132 valence electrons. The Bertz CT molecular complexity index is 644. The monoisotopic (exact) mass is 352 g/mol. The van der Waals surface area contributed by atoms with E-state index in [1.165, 1.54) is 4.90 Å². The maximum atomic E-state index is 12.7. The van der Waals surface area contributed by atoms with Crippen molar-refractivity contribution in [3.05, 3.63) is 29.3 Å². The van der Waals surface area contributed by atoms with Crippen molar-refractivity contribution in [3.8, 4) is 6.07 Å². The molecule has 1 rings (SSSR count). The first-order valence-electron chi connectivity index (χ1n) is 7.99. The largest absolute Gasteiger partial charge is 0.340 e. The third-order valence-corrected chi connectivity index (χ3v) is 5.49. The number of amides is 1. The number of carbonyl (C=O) groups is 1. The molecular formula is C17H25N2O4P. The van der Waals surface area contributed by atoms with Gasteiger partial charge in [0.2, 0.25) is 5.91 Å². The van der Waals surface area contributed by atoms with Crippen LogP contribution in [0.3, 0.4) is 0 Å². The maximum Gasteiger partial charge on any atom is 0.340 e. The summed E-state index contributed by atoms with van der Waals surface area (Å²) in [6.07, 6.45) is -0.154. The van der Waals surface area contributed by atoms with Crippen LogP contribution in [0, 0.1) is 25.2 Å². The highest BCUT2D eigenvalue weighted by Crippen LogP contribution is 2.48. The van der Waals surface area contributed by atoms with Gasteiger partial charge >= 0.3 is 7.60 Å². The van der Waals surface area contributed by atoms with E-state index < -0.39 is 7.60 Å². The van der Waals surface area contributed by atoms with Crippen molar-refractivity contribution < 1.29 is 18.4 Å². The summed E-state index contributed by atoms with van der Waals surface area (Å²) in [5.41, 5.74) is 2.83. The zero-order valence-corrected chi connectivity index (χ0v) is 15.6. The van der Waals surface area contributed by atoms with Crippen LogP contribution in [0.2, 0.25) is 0 Å². The van der Waals surface area contributed by atoms with Gasteiger partial charge in [0.05, 0.1) is 25.7 Å². The molecule has 1 aromatic rings. The van der Waals surface area contributed by atoms with Gasteiger partial charge in [0.15, 0.2) is 0 Å². The molecule has 0 spiro atoms. The summed E-state index contributed by atoms with van der Waals surface area (Å²) >= 11 is 0. The molecule has 0 fully saturated rings. The Kier molecular flexibility index (Phi) is 8.14. The van der Waals surface area contributed by atoms with Gasteiger partial charge in [-0.05, 0) is 51.0 Å². The molecule has 1 amide bonds. The summed E-state index contributed by atoms with van der Waals surface area (Å²) < 4.78 is 23.0. The molecule has 0 atom stereocenters. The van der Waals surface area contributed by atoms with E-state index >= 15 is 0 Å². The number of carbonyl (C=O) groups excluding carboxylic acids is 1. The number of benzene rings is 1. The molecule has 24 heavy (non-hydrogen) atoms. The SMILES string of the molecule is CCOP(=O)(CC(=O)N(CCC#N)c1ccc(C)c(C)c1)OCC. The number of hydrogen-bond acceptors (Lipinski definition) is 5. The zero-order chi connectivity index (χ0) is 18.2. The maximum absolute atomic E-state index is 12.7. The van der Waals surface area contributed by atoms with Gasteiger partial charge in [-0.1, -0.05) is 6.07 Å². The summed E-state index contributed by atoms with van der Waals surface area (Å²) in [5.74, 6) is -0.376. The van der Waals surface area contributed by atoms with Crippen molar-refractivity contribution in [1.82, 2.24) is 0 Å². The Labute approximate surface area is 143 Å². The van der Waals surface area contributed by atoms with Crippen LogP contribution < -0.4 is 4.90 Å². The van der Waals surface area contributed by atoms with Crippen molar-refractivity contribution in [2.24, 2.45) is 0 Å². The van der Waals surface area contributed by atoms with Crippen LogP contribution in [0.25, 0.3) is 0 Å². The van der Waals surface area contributed by atoms with Crippen LogP contribution in [0.1, 0.15) is 31.4 Å². The van der Waals surface area contributed by atoms with Gasteiger partial charge in [-0.15, -0.1) is 0 Å². The second-order valence-corrected chi connectivity index (χ2v) is 7.38. The molecule has 0 aliphatic carbocycles. The minimum atomic E-state index is -3.48. The third kappa shape index (κ3) is 5.76. The second kappa shape index (κ2) is 9.58. The minimum absolute atomic E-state index is 0.187. The average Bonchev–Trinajstić information content (AvgIpc) is 2.51. The number of rotatable bonds is 9.